The van der Waals surface area contributed by atoms with Crippen molar-refractivity contribution in [1.29, 1.82) is 0 Å². The summed E-state index contributed by atoms with van der Waals surface area (Å²) in [6.45, 7) is 1.90. The SMILES string of the molecule is COc1cn(C)c(C(=O)N[C@H](C)c2ccccc2)cc1=O. The van der Waals surface area contributed by atoms with Crippen LogP contribution in [0.2, 0.25) is 0 Å². The van der Waals surface area contributed by atoms with Crippen LogP contribution in [0.25, 0.3) is 0 Å². The second kappa shape index (κ2) is 6.26. The molecule has 5 nitrogen and oxygen atoms in total. The van der Waals surface area contributed by atoms with Crippen LogP contribution in [-0.2, 0) is 7.05 Å². The molecule has 0 aliphatic heterocycles. The van der Waals surface area contributed by atoms with Crippen LogP contribution in [0.4, 0.5) is 0 Å². The second-order valence-electron chi connectivity index (χ2n) is 4.81. The molecule has 1 heterocycles. The van der Waals surface area contributed by atoms with E-state index in [-0.39, 0.29) is 23.1 Å². The molecule has 0 radical (unpaired) electrons. The van der Waals surface area contributed by atoms with E-state index in [1.807, 2.05) is 37.3 Å². The number of methoxy groups -OCH3 is 1. The average Bonchev–Trinajstić information content (AvgIpc) is 2.49. The number of nitrogens with one attached hydrogen (secondary N) is 1. The van der Waals surface area contributed by atoms with Gasteiger partial charge in [-0.3, -0.25) is 9.59 Å². The van der Waals surface area contributed by atoms with Crippen LogP contribution in [0.15, 0.2) is 47.4 Å². The fraction of sp³-hybridized carbons (Fsp3) is 0.250. The van der Waals surface area contributed by atoms with Crippen LogP contribution in [-0.4, -0.2) is 17.6 Å². The van der Waals surface area contributed by atoms with Crippen LogP contribution >= 0.6 is 0 Å². The van der Waals surface area contributed by atoms with E-state index in [1.54, 1.807) is 11.6 Å². The largest absolute Gasteiger partial charge is 0.491 e. The molecule has 2 aromatic rings. The minimum atomic E-state index is -0.312. The molecule has 5 heteroatoms. The second-order valence-corrected chi connectivity index (χ2v) is 4.81. The van der Waals surface area contributed by atoms with Gasteiger partial charge in [0.2, 0.25) is 5.43 Å². The van der Waals surface area contributed by atoms with Crippen molar-refractivity contribution in [3.8, 4) is 5.75 Å². The van der Waals surface area contributed by atoms with Crippen molar-refractivity contribution in [1.82, 2.24) is 9.88 Å². The highest BCUT2D eigenvalue weighted by Gasteiger charge is 2.15. The van der Waals surface area contributed by atoms with E-state index in [1.165, 1.54) is 19.4 Å². The lowest BCUT2D eigenvalue weighted by molar-refractivity contribution is 0.0930. The first-order chi connectivity index (χ1) is 10.0. The predicted molar refractivity (Wildman–Crippen MR) is 80.6 cm³/mol. The average molecular weight is 286 g/mol. The lowest BCUT2D eigenvalue weighted by Crippen LogP contribution is -2.30. The minimum Gasteiger partial charge on any atom is -0.491 e. The Hall–Kier alpha value is -2.56. The van der Waals surface area contributed by atoms with E-state index < -0.39 is 0 Å². The third-order valence-corrected chi connectivity index (χ3v) is 3.30. The molecule has 110 valence electrons. The van der Waals surface area contributed by atoms with Crippen molar-refractivity contribution < 1.29 is 9.53 Å². The molecule has 1 N–H and O–H groups in total. The number of aromatic nitrogens is 1. The van der Waals surface area contributed by atoms with Crippen LogP contribution in [0, 0.1) is 0 Å². The Bertz CT molecular complexity index is 692. The lowest BCUT2D eigenvalue weighted by atomic mass is 10.1. The van der Waals surface area contributed by atoms with Gasteiger partial charge in [0, 0.05) is 13.1 Å². The quantitative estimate of drug-likeness (QED) is 0.933. The van der Waals surface area contributed by atoms with Crippen molar-refractivity contribution in [3.63, 3.8) is 0 Å². The smallest absolute Gasteiger partial charge is 0.268 e. The van der Waals surface area contributed by atoms with E-state index in [0.717, 1.165) is 5.56 Å². The highest BCUT2D eigenvalue weighted by atomic mass is 16.5. The zero-order valence-corrected chi connectivity index (χ0v) is 12.3. The van der Waals surface area contributed by atoms with Crippen molar-refractivity contribution in [2.75, 3.05) is 7.11 Å². The van der Waals surface area contributed by atoms with Gasteiger partial charge in [-0.25, -0.2) is 0 Å². The van der Waals surface area contributed by atoms with E-state index in [2.05, 4.69) is 5.32 Å². The monoisotopic (exact) mass is 286 g/mol. The molecule has 1 aromatic heterocycles. The maximum Gasteiger partial charge on any atom is 0.268 e. The third kappa shape index (κ3) is 3.31. The molecule has 0 spiro atoms. The van der Waals surface area contributed by atoms with Gasteiger partial charge in [0.1, 0.15) is 5.69 Å². The van der Waals surface area contributed by atoms with Crippen LogP contribution < -0.4 is 15.5 Å². The van der Waals surface area contributed by atoms with E-state index >= 15 is 0 Å². The highest BCUT2D eigenvalue weighted by Crippen LogP contribution is 2.12. The standard InChI is InChI=1S/C16H18N2O3/c1-11(12-7-5-4-6-8-12)17-16(20)13-9-14(19)15(21-3)10-18(13)2/h4-11H,1-3H3,(H,17,20)/t11-/m1/s1. The Kier molecular flexibility index (Phi) is 4.42. The maximum absolute atomic E-state index is 12.3. The number of ether oxygens (including phenoxy) is 1. The van der Waals surface area contributed by atoms with Gasteiger partial charge in [0.15, 0.2) is 5.75 Å². The molecule has 2 rings (SSSR count). The summed E-state index contributed by atoms with van der Waals surface area (Å²) in [5.74, 6) is -0.0845. The summed E-state index contributed by atoms with van der Waals surface area (Å²) >= 11 is 0. The summed E-state index contributed by atoms with van der Waals surface area (Å²) in [5, 5.41) is 2.88. The molecular weight excluding hydrogens is 268 g/mol. The van der Waals surface area contributed by atoms with Gasteiger partial charge in [0.25, 0.3) is 5.91 Å². The van der Waals surface area contributed by atoms with Crippen LogP contribution in [0.1, 0.15) is 29.0 Å². The fourth-order valence-electron chi connectivity index (χ4n) is 2.08. The number of rotatable bonds is 4. The Morgan fingerprint density at radius 3 is 2.57 bits per heavy atom. The number of pyridine rings is 1. The number of aryl methyl sites for hydroxylation is 1. The Labute approximate surface area is 123 Å². The molecule has 0 saturated carbocycles. The van der Waals surface area contributed by atoms with Crippen molar-refractivity contribution in [2.24, 2.45) is 7.05 Å². The molecular formula is C16H18N2O3. The number of nitrogens with zero attached hydrogens (tertiary/aromatic N) is 1. The zero-order valence-electron chi connectivity index (χ0n) is 12.3. The summed E-state index contributed by atoms with van der Waals surface area (Å²) in [5.41, 5.74) is 0.987. The van der Waals surface area contributed by atoms with E-state index in [4.69, 9.17) is 4.74 Å². The summed E-state index contributed by atoms with van der Waals surface area (Å²) in [6.07, 6.45) is 1.50. The topological polar surface area (TPSA) is 60.3 Å². The zero-order chi connectivity index (χ0) is 15.4. The van der Waals surface area contributed by atoms with E-state index in [9.17, 15) is 9.59 Å². The summed E-state index contributed by atoms with van der Waals surface area (Å²) in [6, 6.07) is 10.8. The molecule has 0 unspecified atom stereocenters. The number of hydrogen-bond donors (Lipinski definition) is 1. The first kappa shape index (κ1) is 14.8. The molecule has 1 aromatic carbocycles. The first-order valence-electron chi connectivity index (χ1n) is 6.63. The Morgan fingerprint density at radius 2 is 1.95 bits per heavy atom. The Balaban J connectivity index is 2.21. The predicted octanol–water partition coefficient (Wildman–Crippen LogP) is 1.88. The van der Waals surface area contributed by atoms with Crippen LogP contribution in [0.5, 0.6) is 5.75 Å². The first-order valence-corrected chi connectivity index (χ1v) is 6.63. The van der Waals surface area contributed by atoms with Crippen molar-refractivity contribution in [3.05, 3.63) is 64.1 Å². The highest BCUT2D eigenvalue weighted by molar-refractivity contribution is 5.92. The minimum absolute atomic E-state index is 0.143. The Morgan fingerprint density at radius 1 is 1.29 bits per heavy atom. The van der Waals surface area contributed by atoms with Gasteiger partial charge in [-0.1, -0.05) is 30.3 Å². The van der Waals surface area contributed by atoms with Gasteiger partial charge in [-0.2, -0.15) is 0 Å². The number of benzene rings is 1. The van der Waals surface area contributed by atoms with Gasteiger partial charge >= 0.3 is 0 Å². The normalized spacial score (nSPS) is 11.8. The molecule has 0 aliphatic rings. The number of amides is 1. The van der Waals surface area contributed by atoms with Gasteiger partial charge in [-0.05, 0) is 12.5 Å². The molecule has 0 bridgehead atoms. The summed E-state index contributed by atoms with van der Waals surface area (Å²) in [4.78, 5) is 24.1. The fourth-order valence-corrected chi connectivity index (χ4v) is 2.08. The number of carbonyl (C=O) groups excluding carboxylic acids is 1. The van der Waals surface area contributed by atoms with E-state index in [0.29, 0.717) is 5.69 Å². The molecule has 1 amide bonds. The van der Waals surface area contributed by atoms with Gasteiger partial charge < -0.3 is 14.6 Å². The molecule has 0 aliphatic carbocycles. The molecule has 0 saturated heterocycles. The summed E-state index contributed by atoms with van der Waals surface area (Å²) in [7, 11) is 3.12. The number of carbonyl (C=O) groups is 1. The summed E-state index contributed by atoms with van der Waals surface area (Å²) < 4.78 is 6.52. The van der Waals surface area contributed by atoms with Crippen LogP contribution in [0.3, 0.4) is 0 Å². The number of hydrogen-bond acceptors (Lipinski definition) is 3. The molecule has 21 heavy (non-hydrogen) atoms. The van der Waals surface area contributed by atoms with Gasteiger partial charge in [0.05, 0.1) is 19.3 Å². The van der Waals surface area contributed by atoms with Crippen molar-refractivity contribution >= 4 is 5.91 Å². The van der Waals surface area contributed by atoms with Crippen molar-refractivity contribution in [2.45, 2.75) is 13.0 Å². The molecule has 0 fully saturated rings. The molecule has 1 atom stereocenters. The maximum atomic E-state index is 12.3. The third-order valence-electron chi connectivity index (χ3n) is 3.30. The van der Waals surface area contributed by atoms with Gasteiger partial charge in [-0.15, -0.1) is 0 Å². The lowest BCUT2D eigenvalue weighted by Gasteiger charge is -2.16.